The predicted molar refractivity (Wildman–Crippen MR) is 79.6 cm³/mol. The van der Waals surface area contributed by atoms with Gasteiger partial charge in [0.05, 0.1) is 16.6 Å². The van der Waals surface area contributed by atoms with Crippen LogP contribution >= 0.6 is 0 Å². The maximum absolute atomic E-state index is 12.5. The Bertz CT molecular complexity index is 721. The van der Waals surface area contributed by atoms with E-state index in [4.69, 9.17) is 4.52 Å². The largest absolute Gasteiger partial charge is 0.480 e. The highest BCUT2D eigenvalue weighted by Crippen LogP contribution is 2.22. The number of aryl methyl sites for hydroxylation is 2. The van der Waals surface area contributed by atoms with Gasteiger partial charge in [-0.3, -0.25) is 4.79 Å². The first kappa shape index (κ1) is 15.9. The lowest BCUT2D eigenvalue weighted by atomic mass is 10.0. The molecule has 118 valence electrons. The van der Waals surface area contributed by atoms with Gasteiger partial charge in [0.1, 0.15) is 6.04 Å². The van der Waals surface area contributed by atoms with E-state index < -0.39 is 17.9 Å². The fourth-order valence-corrected chi connectivity index (χ4v) is 2.33. The Balaban J connectivity index is 2.36. The first-order chi connectivity index (χ1) is 10.3. The SMILES string of the molecule is Cc1cc(C(=O)NC(CC(C)C)C(=O)O)c2c(C)noc2n1. The zero-order valence-corrected chi connectivity index (χ0v) is 13.0. The molecule has 7 nitrogen and oxygen atoms in total. The zero-order chi connectivity index (χ0) is 16.4. The van der Waals surface area contributed by atoms with E-state index in [9.17, 15) is 14.7 Å². The summed E-state index contributed by atoms with van der Waals surface area (Å²) in [7, 11) is 0. The van der Waals surface area contributed by atoms with Gasteiger partial charge < -0.3 is 14.9 Å². The Labute approximate surface area is 127 Å². The summed E-state index contributed by atoms with van der Waals surface area (Å²) in [6.07, 6.45) is 0.358. The molecule has 0 aliphatic rings. The van der Waals surface area contributed by atoms with Gasteiger partial charge in [-0.2, -0.15) is 0 Å². The molecule has 2 aromatic heterocycles. The average Bonchev–Trinajstić information content (AvgIpc) is 2.77. The Morgan fingerprint density at radius 1 is 1.36 bits per heavy atom. The van der Waals surface area contributed by atoms with Gasteiger partial charge in [-0.25, -0.2) is 9.78 Å². The fourth-order valence-electron chi connectivity index (χ4n) is 2.33. The Kier molecular flexibility index (Phi) is 4.44. The molecule has 1 amide bonds. The minimum Gasteiger partial charge on any atom is -0.480 e. The molecule has 2 rings (SSSR count). The van der Waals surface area contributed by atoms with Crippen molar-refractivity contribution in [3.63, 3.8) is 0 Å². The van der Waals surface area contributed by atoms with Crippen molar-refractivity contribution in [3.05, 3.63) is 23.0 Å². The van der Waals surface area contributed by atoms with Gasteiger partial charge in [-0.1, -0.05) is 19.0 Å². The highest BCUT2D eigenvalue weighted by Gasteiger charge is 2.24. The number of hydrogen-bond acceptors (Lipinski definition) is 5. The molecule has 0 aliphatic carbocycles. The normalized spacial score (nSPS) is 12.6. The molecule has 0 saturated carbocycles. The molecule has 0 radical (unpaired) electrons. The molecular weight excluding hydrogens is 286 g/mol. The molecule has 0 aliphatic heterocycles. The van der Waals surface area contributed by atoms with Gasteiger partial charge in [-0.15, -0.1) is 0 Å². The molecular formula is C15H19N3O4. The van der Waals surface area contributed by atoms with Crippen LogP contribution in [0.2, 0.25) is 0 Å². The van der Waals surface area contributed by atoms with E-state index in [2.05, 4.69) is 15.5 Å². The molecule has 22 heavy (non-hydrogen) atoms. The summed E-state index contributed by atoms with van der Waals surface area (Å²) in [6, 6.07) is 0.673. The van der Waals surface area contributed by atoms with Gasteiger partial charge in [0.2, 0.25) is 0 Å². The second-order valence-corrected chi connectivity index (χ2v) is 5.75. The molecule has 2 N–H and O–H groups in total. The Hall–Kier alpha value is -2.44. The third-order valence-electron chi connectivity index (χ3n) is 3.30. The van der Waals surface area contributed by atoms with Crippen LogP contribution in [-0.2, 0) is 4.79 Å². The van der Waals surface area contributed by atoms with E-state index in [1.165, 1.54) is 0 Å². The van der Waals surface area contributed by atoms with Crippen LogP contribution in [-0.4, -0.2) is 33.2 Å². The number of carbonyl (C=O) groups is 2. The number of nitrogens with one attached hydrogen (secondary N) is 1. The van der Waals surface area contributed by atoms with Crippen molar-refractivity contribution in [2.45, 2.75) is 40.2 Å². The maximum Gasteiger partial charge on any atom is 0.326 e. The highest BCUT2D eigenvalue weighted by atomic mass is 16.5. The van der Waals surface area contributed by atoms with Crippen LogP contribution in [0.3, 0.4) is 0 Å². The lowest BCUT2D eigenvalue weighted by Gasteiger charge is -2.16. The van der Waals surface area contributed by atoms with Gasteiger partial charge in [0.15, 0.2) is 0 Å². The summed E-state index contributed by atoms with van der Waals surface area (Å²) in [6.45, 7) is 7.25. The summed E-state index contributed by atoms with van der Waals surface area (Å²) in [5, 5.41) is 16.1. The zero-order valence-electron chi connectivity index (χ0n) is 13.0. The summed E-state index contributed by atoms with van der Waals surface area (Å²) in [5.41, 5.74) is 1.75. The van der Waals surface area contributed by atoms with E-state index in [0.29, 0.717) is 28.8 Å². The molecule has 0 saturated heterocycles. The number of carbonyl (C=O) groups excluding carboxylic acids is 1. The highest BCUT2D eigenvalue weighted by molar-refractivity contribution is 6.07. The number of aliphatic carboxylic acids is 1. The van der Waals surface area contributed by atoms with E-state index in [0.717, 1.165) is 0 Å². The smallest absolute Gasteiger partial charge is 0.326 e. The van der Waals surface area contributed by atoms with E-state index in [1.807, 2.05) is 13.8 Å². The van der Waals surface area contributed by atoms with Crippen LogP contribution < -0.4 is 5.32 Å². The summed E-state index contributed by atoms with van der Waals surface area (Å²) in [4.78, 5) is 28.0. The van der Waals surface area contributed by atoms with E-state index >= 15 is 0 Å². The van der Waals surface area contributed by atoms with Crippen molar-refractivity contribution in [1.82, 2.24) is 15.5 Å². The minimum atomic E-state index is -1.05. The van der Waals surface area contributed by atoms with Gasteiger partial charge in [0.25, 0.3) is 11.6 Å². The minimum absolute atomic E-state index is 0.151. The Morgan fingerprint density at radius 3 is 2.64 bits per heavy atom. The van der Waals surface area contributed by atoms with Crippen LogP contribution in [0, 0.1) is 19.8 Å². The van der Waals surface area contributed by atoms with Crippen LogP contribution in [0.5, 0.6) is 0 Å². The van der Waals surface area contributed by atoms with E-state index in [1.54, 1.807) is 19.9 Å². The number of pyridine rings is 1. The van der Waals surface area contributed by atoms with Crippen molar-refractivity contribution >= 4 is 23.0 Å². The maximum atomic E-state index is 12.5. The summed E-state index contributed by atoms with van der Waals surface area (Å²) in [5.74, 6) is -1.36. The van der Waals surface area contributed by atoms with Crippen LogP contribution in [0.25, 0.3) is 11.1 Å². The quantitative estimate of drug-likeness (QED) is 0.876. The first-order valence-corrected chi connectivity index (χ1v) is 7.07. The van der Waals surface area contributed by atoms with Crippen LogP contribution in [0.15, 0.2) is 10.6 Å². The molecule has 1 unspecified atom stereocenters. The fraction of sp³-hybridized carbons (Fsp3) is 0.467. The molecule has 0 aromatic carbocycles. The predicted octanol–water partition coefficient (Wildman–Crippen LogP) is 2.07. The van der Waals surface area contributed by atoms with Gasteiger partial charge >= 0.3 is 5.97 Å². The number of rotatable bonds is 5. The third-order valence-corrected chi connectivity index (χ3v) is 3.30. The first-order valence-electron chi connectivity index (χ1n) is 7.07. The van der Waals surface area contributed by atoms with Crippen LogP contribution in [0.1, 0.15) is 42.0 Å². The molecule has 7 heteroatoms. The van der Waals surface area contributed by atoms with Crippen molar-refractivity contribution in [1.29, 1.82) is 0 Å². The second kappa shape index (κ2) is 6.13. The Morgan fingerprint density at radius 2 is 2.05 bits per heavy atom. The third kappa shape index (κ3) is 3.24. The number of carboxylic acid groups (broad SMARTS) is 1. The molecule has 2 heterocycles. The number of carboxylic acids is 1. The standard InChI is InChI=1S/C15H19N3O4/c1-7(2)5-11(15(20)21)17-13(19)10-6-8(3)16-14-12(10)9(4)18-22-14/h6-7,11H,5H2,1-4H3,(H,17,19)(H,20,21). The average molecular weight is 305 g/mol. The van der Waals surface area contributed by atoms with Crippen molar-refractivity contribution in [2.75, 3.05) is 0 Å². The number of aromatic nitrogens is 2. The van der Waals surface area contributed by atoms with Crippen LogP contribution in [0.4, 0.5) is 0 Å². The molecule has 0 fully saturated rings. The van der Waals surface area contributed by atoms with Crippen molar-refractivity contribution in [2.24, 2.45) is 5.92 Å². The van der Waals surface area contributed by atoms with Crippen molar-refractivity contribution < 1.29 is 19.2 Å². The van der Waals surface area contributed by atoms with Gasteiger partial charge in [0, 0.05) is 5.69 Å². The number of hydrogen-bond donors (Lipinski definition) is 2. The van der Waals surface area contributed by atoms with E-state index in [-0.39, 0.29) is 11.6 Å². The molecule has 0 bridgehead atoms. The molecule has 1 atom stereocenters. The monoisotopic (exact) mass is 305 g/mol. The number of fused-ring (bicyclic) bond motifs is 1. The van der Waals surface area contributed by atoms with Gasteiger partial charge in [-0.05, 0) is 32.3 Å². The summed E-state index contributed by atoms with van der Waals surface area (Å²) >= 11 is 0. The number of nitrogens with zero attached hydrogens (tertiary/aromatic N) is 2. The lowest BCUT2D eigenvalue weighted by Crippen LogP contribution is -2.41. The number of amides is 1. The molecule has 0 spiro atoms. The second-order valence-electron chi connectivity index (χ2n) is 5.75. The molecule has 2 aromatic rings. The summed E-state index contributed by atoms with van der Waals surface area (Å²) < 4.78 is 5.08. The van der Waals surface area contributed by atoms with Crippen molar-refractivity contribution in [3.8, 4) is 0 Å². The lowest BCUT2D eigenvalue weighted by molar-refractivity contribution is -0.139. The topological polar surface area (TPSA) is 105 Å².